The van der Waals surface area contributed by atoms with Crippen LogP contribution in [0.5, 0.6) is 5.75 Å². The van der Waals surface area contributed by atoms with Crippen molar-refractivity contribution in [3.05, 3.63) is 93.1 Å². The van der Waals surface area contributed by atoms with E-state index in [1.165, 1.54) is 18.2 Å². The van der Waals surface area contributed by atoms with E-state index >= 15 is 0 Å². The summed E-state index contributed by atoms with van der Waals surface area (Å²) in [5.41, 5.74) is 2.14. The Hall–Kier alpha value is -3.85. The molecule has 2 aromatic carbocycles. The van der Waals surface area contributed by atoms with Gasteiger partial charge in [-0.1, -0.05) is 12.1 Å². The number of imide groups is 1. The zero-order valence-corrected chi connectivity index (χ0v) is 17.2. The number of nitrogens with zero attached hydrogens (tertiary/aromatic N) is 3. The van der Waals surface area contributed by atoms with Crippen LogP contribution in [0.4, 0.5) is 10.5 Å². The van der Waals surface area contributed by atoms with Crippen molar-refractivity contribution < 1.29 is 19.2 Å². The predicted octanol–water partition coefficient (Wildman–Crippen LogP) is 4.63. The third-order valence-corrected chi connectivity index (χ3v) is 5.63. The maximum absolute atomic E-state index is 12.8. The summed E-state index contributed by atoms with van der Waals surface area (Å²) in [6, 6.07) is 15.3. The summed E-state index contributed by atoms with van der Waals surface area (Å²) in [6.45, 7) is -0.0173. The van der Waals surface area contributed by atoms with Crippen LogP contribution in [-0.4, -0.2) is 32.6 Å². The van der Waals surface area contributed by atoms with Gasteiger partial charge in [0.25, 0.3) is 16.8 Å². The van der Waals surface area contributed by atoms with Gasteiger partial charge in [-0.05, 0) is 59.3 Å². The number of hydrogen-bond donors (Lipinski definition) is 0. The van der Waals surface area contributed by atoms with Crippen molar-refractivity contribution in [2.24, 2.45) is 0 Å². The van der Waals surface area contributed by atoms with Crippen molar-refractivity contribution in [3.8, 4) is 11.4 Å². The van der Waals surface area contributed by atoms with Crippen LogP contribution in [0.2, 0.25) is 0 Å². The number of benzene rings is 2. The highest BCUT2D eigenvalue weighted by Crippen LogP contribution is 2.33. The monoisotopic (exact) mass is 435 g/mol. The van der Waals surface area contributed by atoms with Crippen LogP contribution in [-0.2, 0) is 11.3 Å². The Morgan fingerprint density at radius 3 is 2.61 bits per heavy atom. The molecule has 0 atom stereocenters. The van der Waals surface area contributed by atoms with E-state index in [1.807, 2.05) is 47.3 Å². The highest BCUT2D eigenvalue weighted by Gasteiger charge is 2.35. The molecule has 0 unspecified atom stereocenters. The summed E-state index contributed by atoms with van der Waals surface area (Å²) in [7, 11) is 1.61. The number of carbonyl (C=O) groups is 2. The Kier molecular flexibility index (Phi) is 5.59. The molecule has 9 heteroatoms. The van der Waals surface area contributed by atoms with Crippen molar-refractivity contribution in [3.63, 3.8) is 0 Å². The fourth-order valence-electron chi connectivity index (χ4n) is 3.15. The van der Waals surface area contributed by atoms with E-state index in [0.717, 1.165) is 33.7 Å². The molecular formula is C22H17N3O5S. The fourth-order valence-corrected chi connectivity index (χ4v) is 3.99. The number of nitro groups is 1. The number of non-ortho nitro benzene ring substituents is 1. The molecule has 0 aliphatic carbocycles. The number of aromatic nitrogens is 1. The highest BCUT2D eigenvalue weighted by atomic mass is 32.2. The Morgan fingerprint density at radius 2 is 1.90 bits per heavy atom. The quantitative estimate of drug-likeness (QED) is 0.318. The number of rotatable bonds is 6. The van der Waals surface area contributed by atoms with Crippen molar-refractivity contribution in [2.45, 2.75) is 6.54 Å². The fraction of sp³-hybridized carbons (Fsp3) is 0.0909. The molecule has 0 spiro atoms. The van der Waals surface area contributed by atoms with Gasteiger partial charge in [0.15, 0.2) is 0 Å². The summed E-state index contributed by atoms with van der Waals surface area (Å²) in [4.78, 5) is 37.0. The van der Waals surface area contributed by atoms with Crippen LogP contribution in [0, 0.1) is 10.1 Å². The molecule has 1 aliphatic heterocycles. The summed E-state index contributed by atoms with van der Waals surface area (Å²) in [5.74, 6) is 0.340. The van der Waals surface area contributed by atoms with Crippen LogP contribution in [0.1, 0.15) is 11.1 Å². The van der Waals surface area contributed by atoms with E-state index in [9.17, 15) is 19.7 Å². The minimum atomic E-state index is -0.509. The van der Waals surface area contributed by atoms with E-state index in [-0.39, 0.29) is 12.2 Å². The van der Waals surface area contributed by atoms with Gasteiger partial charge in [-0.2, -0.15) is 0 Å². The number of methoxy groups -OCH3 is 1. The number of ether oxygens (including phenoxy) is 1. The summed E-state index contributed by atoms with van der Waals surface area (Å²) in [5, 5.41) is 10.5. The van der Waals surface area contributed by atoms with Crippen molar-refractivity contribution >= 4 is 34.7 Å². The molecule has 1 aromatic heterocycles. The maximum Gasteiger partial charge on any atom is 0.293 e. The van der Waals surface area contributed by atoms with Gasteiger partial charge >= 0.3 is 0 Å². The minimum absolute atomic E-state index is 0.0173. The van der Waals surface area contributed by atoms with Crippen molar-refractivity contribution in [1.82, 2.24) is 9.47 Å². The molecule has 0 radical (unpaired) electrons. The molecule has 31 heavy (non-hydrogen) atoms. The van der Waals surface area contributed by atoms with E-state index in [2.05, 4.69) is 0 Å². The van der Waals surface area contributed by atoms with E-state index in [4.69, 9.17) is 4.74 Å². The molecule has 1 aliphatic rings. The Bertz CT molecular complexity index is 1200. The number of amides is 2. The van der Waals surface area contributed by atoms with Crippen LogP contribution < -0.4 is 4.74 Å². The lowest BCUT2D eigenvalue weighted by Gasteiger charge is -2.12. The Morgan fingerprint density at radius 1 is 1.13 bits per heavy atom. The lowest BCUT2D eigenvalue weighted by Crippen LogP contribution is -2.27. The first-order valence-corrected chi connectivity index (χ1v) is 10.1. The Labute approximate surface area is 181 Å². The average molecular weight is 435 g/mol. The normalized spacial score (nSPS) is 15.0. The van der Waals surface area contributed by atoms with E-state index < -0.39 is 16.1 Å². The zero-order valence-electron chi connectivity index (χ0n) is 16.4. The molecule has 2 heterocycles. The molecular weight excluding hydrogens is 418 g/mol. The SMILES string of the molecule is COc1ccc(-n2ccc(/C=C3/SC(=O)N(Cc4cccc([N+](=O)[O-])c4)C3=O)c2)cc1. The smallest absolute Gasteiger partial charge is 0.293 e. The van der Waals surface area contributed by atoms with Gasteiger partial charge in [0.1, 0.15) is 5.75 Å². The largest absolute Gasteiger partial charge is 0.497 e. The van der Waals surface area contributed by atoms with Gasteiger partial charge in [0, 0.05) is 30.2 Å². The molecule has 1 saturated heterocycles. The average Bonchev–Trinajstić information content (AvgIpc) is 3.34. The van der Waals surface area contributed by atoms with Crippen LogP contribution >= 0.6 is 11.8 Å². The Balaban J connectivity index is 1.51. The second-order valence-electron chi connectivity index (χ2n) is 6.74. The highest BCUT2D eigenvalue weighted by molar-refractivity contribution is 8.18. The van der Waals surface area contributed by atoms with Gasteiger partial charge in [0.05, 0.1) is 23.5 Å². The molecule has 0 saturated carbocycles. The topological polar surface area (TPSA) is 94.7 Å². The second-order valence-corrected chi connectivity index (χ2v) is 7.74. The molecule has 0 N–H and O–H groups in total. The summed E-state index contributed by atoms with van der Waals surface area (Å²) < 4.78 is 7.06. The molecule has 3 aromatic rings. The third-order valence-electron chi connectivity index (χ3n) is 4.72. The van der Waals surface area contributed by atoms with E-state index in [0.29, 0.717) is 10.5 Å². The molecule has 1 fully saturated rings. The maximum atomic E-state index is 12.8. The van der Waals surface area contributed by atoms with Gasteiger partial charge in [-0.3, -0.25) is 24.6 Å². The van der Waals surface area contributed by atoms with E-state index in [1.54, 1.807) is 19.3 Å². The van der Waals surface area contributed by atoms with Crippen LogP contribution in [0.15, 0.2) is 71.9 Å². The van der Waals surface area contributed by atoms with Crippen molar-refractivity contribution in [1.29, 1.82) is 0 Å². The van der Waals surface area contributed by atoms with Crippen molar-refractivity contribution in [2.75, 3.05) is 7.11 Å². The molecule has 0 bridgehead atoms. The first-order valence-electron chi connectivity index (χ1n) is 9.26. The minimum Gasteiger partial charge on any atom is -0.497 e. The van der Waals surface area contributed by atoms with Gasteiger partial charge in [-0.25, -0.2) is 0 Å². The lowest BCUT2D eigenvalue weighted by atomic mass is 10.2. The van der Waals surface area contributed by atoms with Gasteiger partial charge in [-0.15, -0.1) is 0 Å². The number of thioether (sulfide) groups is 1. The van der Waals surface area contributed by atoms with Gasteiger partial charge < -0.3 is 9.30 Å². The second kappa shape index (κ2) is 8.49. The number of carbonyl (C=O) groups excluding carboxylic acids is 2. The number of nitro benzene ring substituents is 1. The van der Waals surface area contributed by atoms with Crippen LogP contribution in [0.25, 0.3) is 11.8 Å². The first kappa shape index (κ1) is 20.4. The van der Waals surface area contributed by atoms with Crippen LogP contribution in [0.3, 0.4) is 0 Å². The predicted molar refractivity (Wildman–Crippen MR) is 117 cm³/mol. The van der Waals surface area contributed by atoms with Gasteiger partial charge in [0.2, 0.25) is 0 Å². The standard InChI is InChI=1S/C22H17N3O5S/c1-30-19-7-5-17(6-8-19)23-10-9-16(13-23)12-20-21(26)24(22(27)31-20)14-15-3-2-4-18(11-15)25(28)29/h2-13H,14H2,1H3/b20-12+. The molecule has 2 amide bonds. The molecule has 156 valence electrons. The number of hydrogen-bond acceptors (Lipinski definition) is 6. The zero-order chi connectivity index (χ0) is 22.0. The molecule has 4 rings (SSSR count). The third kappa shape index (κ3) is 4.36. The molecule has 8 nitrogen and oxygen atoms in total. The summed E-state index contributed by atoms with van der Waals surface area (Å²) in [6.07, 6.45) is 5.38. The summed E-state index contributed by atoms with van der Waals surface area (Å²) >= 11 is 0.855. The first-order chi connectivity index (χ1) is 14.9. The lowest BCUT2D eigenvalue weighted by molar-refractivity contribution is -0.384.